The first kappa shape index (κ1) is 11.0. The number of pyridine rings is 1. The highest BCUT2D eigenvalue weighted by Crippen LogP contribution is 2.23. The maximum atomic E-state index is 9.26. The number of rotatable bonds is 1. The molecule has 0 bridgehead atoms. The zero-order valence-corrected chi connectivity index (χ0v) is 10.3. The van der Waals surface area contributed by atoms with E-state index in [2.05, 4.69) is 16.2 Å². The van der Waals surface area contributed by atoms with Gasteiger partial charge in [-0.2, -0.15) is 10.4 Å². The molecule has 0 aliphatic heterocycles. The van der Waals surface area contributed by atoms with Crippen molar-refractivity contribution in [2.45, 2.75) is 32.6 Å². The third kappa shape index (κ3) is 1.78. The van der Waals surface area contributed by atoms with Gasteiger partial charge in [-0.05, 0) is 49.8 Å². The Hall–Kier alpha value is -2.15. The fourth-order valence-corrected chi connectivity index (χ4v) is 2.41. The minimum Gasteiger partial charge on any atom is -0.232 e. The summed E-state index contributed by atoms with van der Waals surface area (Å²) in [4.78, 5) is 4.65. The Morgan fingerprint density at radius 2 is 2.17 bits per heavy atom. The van der Waals surface area contributed by atoms with Gasteiger partial charge in [0.1, 0.15) is 6.07 Å². The fourth-order valence-electron chi connectivity index (χ4n) is 2.41. The Kier molecular flexibility index (Phi) is 2.60. The van der Waals surface area contributed by atoms with Crippen LogP contribution in [0.25, 0.3) is 5.82 Å². The molecule has 2 aromatic heterocycles. The first-order valence-electron chi connectivity index (χ1n) is 6.22. The minimum atomic E-state index is 0.610. The molecule has 0 saturated carbocycles. The van der Waals surface area contributed by atoms with Crippen molar-refractivity contribution in [3.8, 4) is 11.9 Å². The van der Waals surface area contributed by atoms with E-state index in [4.69, 9.17) is 0 Å². The number of nitrogens with zero attached hydrogens (tertiary/aromatic N) is 4. The van der Waals surface area contributed by atoms with Crippen molar-refractivity contribution in [1.29, 1.82) is 5.26 Å². The molecular weight excluding hydrogens is 224 g/mol. The number of hydrogen-bond acceptors (Lipinski definition) is 3. The van der Waals surface area contributed by atoms with E-state index in [0.717, 1.165) is 24.1 Å². The molecular formula is C14H14N4. The van der Waals surface area contributed by atoms with Crippen molar-refractivity contribution in [3.05, 3.63) is 40.8 Å². The van der Waals surface area contributed by atoms with E-state index >= 15 is 0 Å². The van der Waals surface area contributed by atoms with Gasteiger partial charge in [0.25, 0.3) is 0 Å². The molecule has 1 aliphatic rings. The van der Waals surface area contributed by atoms with E-state index in [1.807, 2.05) is 19.2 Å². The lowest BCUT2D eigenvalue weighted by molar-refractivity contribution is 0.661. The Morgan fingerprint density at radius 3 is 2.89 bits per heavy atom. The van der Waals surface area contributed by atoms with Gasteiger partial charge in [0, 0.05) is 11.9 Å². The largest absolute Gasteiger partial charge is 0.232 e. The van der Waals surface area contributed by atoms with Crippen LogP contribution in [0.15, 0.2) is 18.5 Å². The SMILES string of the molecule is Cc1cnn(-c2nc3c(cc2C#N)CCCC3)c1. The molecule has 3 rings (SSSR count). The van der Waals surface area contributed by atoms with E-state index in [9.17, 15) is 5.26 Å². The van der Waals surface area contributed by atoms with Crippen LogP contribution in [-0.4, -0.2) is 14.8 Å². The summed E-state index contributed by atoms with van der Waals surface area (Å²) in [6, 6.07) is 4.21. The van der Waals surface area contributed by atoms with Crippen LogP contribution in [0.3, 0.4) is 0 Å². The van der Waals surface area contributed by atoms with Gasteiger partial charge in [-0.1, -0.05) is 0 Å². The van der Waals surface area contributed by atoms with Crippen LogP contribution in [0.4, 0.5) is 0 Å². The average molecular weight is 238 g/mol. The molecule has 0 fully saturated rings. The van der Waals surface area contributed by atoms with Gasteiger partial charge < -0.3 is 0 Å². The van der Waals surface area contributed by atoms with Crippen LogP contribution >= 0.6 is 0 Å². The second-order valence-corrected chi connectivity index (χ2v) is 4.75. The highest BCUT2D eigenvalue weighted by molar-refractivity contribution is 5.47. The lowest BCUT2D eigenvalue weighted by atomic mass is 9.95. The zero-order chi connectivity index (χ0) is 12.5. The van der Waals surface area contributed by atoms with Crippen molar-refractivity contribution in [3.63, 3.8) is 0 Å². The highest BCUT2D eigenvalue weighted by Gasteiger charge is 2.16. The topological polar surface area (TPSA) is 54.5 Å². The van der Waals surface area contributed by atoms with Gasteiger partial charge in [-0.15, -0.1) is 0 Å². The average Bonchev–Trinajstić information content (AvgIpc) is 2.83. The predicted molar refractivity (Wildman–Crippen MR) is 67.5 cm³/mol. The normalized spacial score (nSPS) is 14.0. The second kappa shape index (κ2) is 4.26. The number of aryl methyl sites for hydroxylation is 3. The monoisotopic (exact) mass is 238 g/mol. The third-order valence-corrected chi connectivity index (χ3v) is 3.33. The summed E-state index contributed by atoms with van der Waals surface area (Å²) in [7, 11) is 0. The quantitative estimate of drug-likeness (QED) is 0.766. The van der Waals surface area contributed by atoms with E-state index in [0.29, 0.717) is 11.4 Å². The van der Waals surface area contributed by atoms with Crippen LogP contribution in [0.2, 0.25) is 0 Å². The van der Waals surface area contributed by atoms with Gasteiger partial charge in [0.2, 0.25) is 0 Å². The number of hydrogen-bond donors (Lipinski definition) is 0. The highest BCUT2D eigenvalue weighted by atomic mass is 15.3. The molecule has 4 heteroatoms. The van der Waals surface area contributed by atoms with Crippen molar-refractivity contribution in [2.24, 2.45) is 0 Å². The zero-order valence-electron chi connectivity index (χ0n) is 10.3. The molecule has 2 aromatic rings. The summed E-state index contributed by atoms with van der Waals surface area (Å²) in [5, 5.41) is 13.5. The number of nitriles is 1. The van der Waals surface area contributed by atoms with Crippen LogP contribution in [0.1, 0.15) is 35.2 Å². The summed E-state index contributed by atoms with van der Waals surface area (Å²) in [5.41, 5.74) is 4.03. The maximum absolute atomic E-state index is 9.26. The Bertz CT molecular complexity index is 634. The van der Waals surface area contributed by atoms with Gasteiger partial charge in [-0.25, -0.2) is 9.67 Å². The lowest BCUT2D eigenvalue weighted by Crippen LogP contribution is -2.11. The Morgan fingerprint density at radius 1 is 1.33 bits per heavy atom. The smallest absolute Gasteiger partial charge is 0.171 e. The van der Waals surface area contributed by atoms with Gasteiger partial charge in [0.05, 0.1) is 11.8 Å². The van der Waals surface area contributed by atoms with E-state index < -0.39 is 0 Å². The second-order valence-electron chi connectivity index (χ2n) is 4.75. The summed E-state index contributed by atoms with van der Waals surface area (Å²) in [5.74, 6) is 0.659. The van der Waals surface area contributed by atoms with Crippen molar-refractivity contribution >= 4 is 0 Å². The molecule has 0 atom stereocenters. The van der Waals surface area contributed by atoms with Crippen molar-refractivity contribution < 1.29 is 0 Å². The van der Waals surface area contributed by atoms with Crippen LogP contribution < -0.4 is 0 Å². The summed E-state index contributed by atoms with van der Waals surface area (Å²) >= 11 is 0. The van der Waals surface area contributed by atoms with Crippen molar-refractivity contribution in [2.75, 3.05) is 0 Å². The van der Waals surface area contributed by atoms with Gasteiger partial charge >= 0.3 is 0 Å². The number of aromatic nitrogens is 3. The Balaban J connectivity index is 2.16. The maximum Gasteiger partial charge on any atom is 0.171 e. The summed E-state index contributed by atoms with van der Waals surface area (Å²) in [6.07, 6.45) is 8.10. The van der Waals surface area contributed by atoms with E-state index in [1.54, 1.807) is 10.9 Å². The molecule has 1 aliphatic carbocycles. The van der Waals surface area contributed by atoms with Crippen molar-refractivity contribution in [1.82, 2.24) is 14.8 Å². The fraction of sp³-hybridized carbons (Fsp3) is 0.357. The predicted octanol–water partition coefficient (Wildman–Crippen LogP) is 2.33. The third-order valence-electron chi connectivity index (χ3n) is 3.33. The Labute approximate surface area is 106 Å². The number of fused-ring (bicyclic) bond motifs is 1. The molecule has 0 saturated heterocycles. The molecule has 0 spiro atoms. The molecule has 2 heterocycles. The van der Waals surface area contributed by atoms with Crippen LogP contribution in [-0.2, 0) is 12.8 Å². The van der Waals surface area contributed by atoms with E-state index in [1.165, 1.54) is 18.4 Å². The van der Waals surface area contributed by atoms with Crippen LogP contribution in [0.5, 0.6) is 0 Å². The molecule has 90 valence electrons. The van der Waals surface area contributed by atoms with Crippen LogP contribution in [0, 0.1) is 18.3 Å². The molecule has 0 aromatic carbocycles. The molecule has 4 nitrogen and oxygen atoms in total. The summed E-state index contributed by atoms with van der Waals surface area (Å²) < 4.78 is 1.70. The first-order valence-corrected chi connectivity index (χ1v) is 6.22. The minimum absolute atomic E-state index is 0.610. The first-order chi connectivity index (χ1) is 8.78. The summed E-state index contributed by atoms with van der Waals surface area (Å²) in [6.45, 7) is 1.98. The molecule has 0 unspecified atom stereocenters. The van der Waals surface area contributed by atoms with Gasteiger partial charge in [-0.3, -0.25) is 0 Å². The lowest BCUT2D eigenvalue weighted by Gasteiger charge is -2.16. The van der Waals surface area contributed by atoms with E-state index in [-0.39, 0.29) is 0 Å². The molecule has 18 heavy (non-hydrogen) atoms. The van der Waals surface area contributed by atoms with Gasteiger partial charge in [0.15, 0.2) is 5.82 Å². The molecule has 0 amide bonds. The standard InChI is InChI=1S/C14H14N4/c1-10-8-16-18(9-10)14-12(7-15)6-11-4-2-3-5-13(11)17-14/h6,8-9H,2-5H2,1H3. The molecule has 0 N–H and O–H groups in total. The molecule has 0 radical (unpaired) electrons.